The van der Waals surface area contributed by atoms with Crippen LogP contribution in [0.1, 0.15) is 26.7 Å². The third kappa shape index (κ3) is 1.78. The smallest absolute Gasteiger partial charge is 0.225 e. The maximum Gasteiger partial charge on any atom is 0.225 e. The van der Waals surface area contributed by atoms with Crippen LogP contribution in [0.25, 0.3) is 0 Å². The highest BCUT2D eigenvalue weighted by molar-refractivity contribution is 5.80. The lowest BCUT2D eigenvalue weighted by Gasteiger charge is -2.27. The summed E-state index contributed by atoms with van der Waals surface area (Å²) in [5, 5.41) is 6.21. The highest BCUT2D eigenvalue weighted by Gasteiger charge is 2.45. The molecule has 0 atom stereocenters. The van der Waals surface area contributed by atoms with Crippen LogP contribution < -0.4 is 10.6 Å². The van der Waals surface area contributed by atoms with E-state index in [0.717, 1.165) is 19.6 Å². The highest BCUT2D eigenvalue weighted by Crippen LogP contribution is 2.51. The summed E-state index contributed by atoms with van der Waals surface area (Å²) in [6.07, 6.45) is 2.57. The van der Waals surface area contributed by atoms with E-state index >= 15 is 0 Å². The molecule has 1 saturated carbocycles. The van der Waals surface area contributed by atoms with Gasteiger partial charge in [0.2, 0.25) is 5.91 Å². The van der Waals surface area contributed by atoms with Crippen molar-refractivity contribution >= 4 is 5.91 Å². The van der Waals surface area contributed by atoms with Crippen LogP contribution in [-0.2, 0) is 4.79 Å². The normalized spacial score (nSPS) is 24.5. The molecule has 0 aromatic carbocycles. The number of amides is 1. The molecule has 0 aromatic rings. The molecule has 2 aliphatic rings. The number of nitrogens with one attached hydrogen (secondary N) is 2. The molecule has 3 nitrogen and oxygen atoms in total. The van der Waals surface area contributed by atoms with E-state index in [-0.39, 0.29) is 11.8 Å². The Kier molecular flexibility index (Phi) is 2.52. The van der Waals surface area contributed by atoms with Crippen molar-refractivity contribution in [3.05, 3.63) is 0 Å². The van der Waals surface area contributed by atoms with Crippen LogP contribution in [0.15, 0.2) is 0 Å². The van der Waals surface area contributed by atoms with Crippen molar-refractivity contribution in [3.63, 3.8) is 0 Å². The molecule has 80 valence electrons. The van der Waals surface area contributed by atoms with E-state index in [1.165, 1.54) is 12.8 Å². The van der Waals surface area contributed by atoms with Crippen LogP contribution in [0.3, 0.4) is 0 Å². The summed E-state index contributed by atoms with van der Waals surface area (Å²) in [5.74, 6) is 1.18. The van der Waals surface area contributed by atoms with Gasteiger partial charge in [-0.25, -0.2) is 0 Å². The van der Waals surface area contributed by atoms with E-state index in [2.05, 4.69) is 24.5 Å². The van der Waals surface area contributed by atoms with Crippen LogP contribution in [0.2, 0.25) is 0 Å². The Morgan fingerprint density at radius 3 is 2.50 bits per heavy atom. The third-order valence-corrected chi connectivity index (χ3v) is 3.88. The lowest BCUT2D eigenvalue weighted by atomic mass is 9.92. The first-order chi connectivity index (χ1) is 6.64. The highest BCUT2D eigenvalue weighted by atomic mass is 16.2. The molecule has 1 amide bonds. The van der Waals surface area contributed by atoms with E-state index < -0.39 is 0 Å². The number of hydrogen-bond acceptors (Lipinski definition) is 2. The van der Waals surface area contributed by atoms with Gasteiger partial charge in [0.1, 0.15) is 0 Å². The zero-order chi connectivity index (χ0) is 10.2. The molecule has 1 heterocycles. The minimum absolute atomic E-state index is 0.234. The first kappa shape index (κ1) is 9.97. The average Bonchev–Trinajstić information content (AvgIpc) is 2.77. The second-order valence-corrected chi connectivity index (χ2v) is 5.09. The van der Waals surface area contributed by atoms with Crippen molar-refractivity contribution in [2.45, 2.75) is 26.7 Å². The van der Waals surface area contributed by atoms with Crippen LogP contribution in [0.4, 0.5) is 0 Å². The molecule has 1 aliphatic carbocycles. The van der Waals surface area contributed by atoms with Crippen LogP contribution in [0.5, 0.6) is 0 Å². The molecule has 0 spiro atoms. The Balaban J connectivity index is 1.74. The second kappa shape index (κ2) is 3.54. The minimum atomic E-state index is 0.234. The Bertz CT molecular complexity index is 229. The standard InChI is InChI=1S/C11H20N2O/c1-8(2)11(3-4-11)7-13-10(14)9-5-12-6-9/h8-9,12H,3-7H2,1-2H3,(H,13,14). The first-order valence-electron chi connectivity index (χ1n) is 5.62. The van der Waals surface area contributed by atoms with Gasteiger partial charge >= 0.3 is 0 Å². The number of carbonyl (C=O) groups is 1. The Labute approximate surface area is 85.6 Å². The molecule has 2 N–H and O–H groups in total. The molecule has 0 aromatic heterocycles. The van der Waals surface area contributed by atoms with Gasteiger partial charge in [-0.2, -0.15) is 0 Å². The number of hydrogen-bond donors (Lipinski definition) is 2. The molecule has 1 aliphatic heterocycles. The van der Waals surface area contributed by atoms with Crippen molar-refractivity contribution in [2.75, 3.05) is 19.6 Å². The molecule has 2 rings (SSSR count). The Hall–Kier alpha value is -0.570. The predicted molar refractivity (Wildman–Crippen MR) is 55.9 cm³/mol. The zero-order valence-corrected chi connectivity index (χ0v) is 9.10. The topological polar surface area (TPSA) is 41.1 Å². The van der Waals surface area contributed by atoms with Crippen LogP contribution >= 0.6 is 0 Å². The summed E-state index contributed by atoms with van der Waals surface area (Å²) < 4.78 is 0. The molecule has 2 fully saturated rings. The monoisotopic (exact) mass is 196 g/mol. The number of carbonyl (C=O) groups excluding carboxylic acids is 1. The van der Waals surface area contributed by atoms with Crippen molar-refractivity contribution in [2.24, 2.45) is 17.3 Å². The van der Waals surface area contributed by atoms with Crippen LogP contribution in [0, 0.1) is 17.3 Å². The fourth-order valence-corrected chi connectivity index (χ4v) is 2.00. The van der Waals surface area contributed by atoms with Gasteiger partial charge in [0.15, 0.2) is 0 Å². The molecule has 0 unspecified atom stereocenters. The summed E-state index contributed by atoms with van der Waals surface area (Å²) in [5.41, 5.74) is 0.437. The van der Waals surface area contributed by atoms with Crippen molar-refractivity contribution in [1.29, 1.82) is 0 Å². The van der Waals surface area contributed by atoms with E-state index in [9.17, 15) is 4.79 Å². The van der Waals surface area contributed by atoms with Gasteiger partial charge in [0, 0.05) is 19.6 Å². The Morgan fingerprint density at radius 2 is 2.14 bits per heavy atom. The largest absolute Gasteiger partial charge is 0.355 e. The van der Waals surface area contributed by atoms with Gasteiger partial charge in [0.05, 0.1) is 5.92 Å². The summed E-state index contributed by atoms with van der Waals surface area (Å²) in [4.78, 5) is 11.6. The maximum absolute atomic E-state index is 11.6. The van der Waals surface area contributed by atoms with E-state index in [1.54, 1.807) is 0 Å². The van der Waals surface area contributed by atoms with Gasteiger partial charge in [-0.05, 0) is 24.2 Å². The van der Waals surface area contributed by atoms with Crippen molar-refractivity contribution < 1.29 is 4.79 Å². The summed E-state index contributed by atoms with van der Waals surface area (Å²) in [7, 11) is 0. The zero-order valence-electron chi connectivity index (χ0n) is 9.10. The van der Waals surface area contributed by atoms with Crippen molar-refractivity contribution in [1.82, 2.24) is 10.6 Å². The molecule has 3 heteroatoms. The van der Waals surface area contributed by atoms with Crippen molar-refractivity contribution in [3.8, 4) is 0 Å². The SMILES string of the molecule is CC(C)C1(CNC(=O)C2CNC2)CC1. The van der Waals surface area contributed by atoms with Gasteiger partial charge < -0.3 is 10.6 Å². The molecular weight excluding hydrogens is 176 g/mol. The maximum atomic E-state index is 11.6. The fourth-order valence-electron chi connectivity index (χ4n) is 2.00. The molecule has 14 heavy (non-hydrogen) atoms. The lowest BCUT2D eigenvalue weighted by molar-refractivity contribution is -0.126. The Morgan fingerprint density at radius 1 is 1.50 bits per heavy atom. The second-order valence-electron chi connectivity index (χ2n) is 5.09. The molecular formula is C11H20N2O. The molecule has 0 radical (unpaired) electrons. The average molecular weight is 196 g/mol. The molecule has 0 bridgehead atoms. The van der Waals surface area contributed by atoms with Gasteiger partial charge in [0.25, 0.3) is 0 Å². The van der Waals surface area contributed by atoms with Gasteiger partial charge in [-0.1, -0.05) is 13.8 Å². The summed E-state index contributed by atoms with van der Waals surface area (Å²) in [6, 6.07) is 0. The first-order valence-corrected chi connectivity index (χ1v) is 5.62. The predicted octanol–water partition coefficient (Wildman–Crippen LogP) is 0.758. The van der Waals surface area contributed by atoms with Crippen LogP contribution in [-0.4, -0.2) is 25.5 Å². The van der Waals surface area contributed by atoms with Gasteiger partial charge in [-0.15, -0.1) is 0 Å². The van der Waals surface area contributed by atoms with E-state index in [4.69, 9.17) is 0 Å². The lowest BCUT2D eigenvalue weighted by Crippen LogP contribution is -2.51. The number of rotatable bonds is 4. The summed E-state index contributed by atoms with van der Waals surface area (Å²) >= 11 is 0. The van der Waals surface area contributed by atoms with E-state index in [0.29, 0.717) is 11.3 Å². The van der Waals surface area contributed by atoms with Gasteiger partial charge in [-0.3, -0.25) is 4.79 Å². The third-order valence-electron chi connectivity index (χ3n) is 3.88. The van der Waals surface area contributed by atoms with E-state index in [1.807, 2.05) is 0 Å². The molecule has 1 saturated heterocycles. The fraction of sp³-hybridized carbons (Fsp3) is 0.909. The minimum Gasteiger partial charge on any atom is -0.355 e. The summed E-state index contributed by atoms with van der Waals surface area (Å²) in [6.45, 7) is 7.12. The quantitative estimate of drug-likeness (QED) is 0.697.